The molecule has 1 aromatic rings. The molecular formula is C12H17N. The molecule has 1 nitrogen and oxygen atoms in total. The Labute approximate surface area is 80.7 Å². The fourth-order valence-corrected chi connectivity index (χ4v) is 1.33. The second-order valence-corrected chi connectivity index (χ2v) is 3.61. The van der Waals surface area contributed by atoms with E-state index in [4.69, 9.17) is 0 Å². The molecule has 0 N–H and O–H groups in total. The summed E-state index contributed by atoms with van der Waals surface area (Å²) in [6.07, 6.45) is 1.97. The first-order valence-corrected chi connectivity index (χ1v) is 4.48. The van der Waals surface area contributed by atoms with E-state index in [1.165, 1.54) is 5.56 Å². The highest BCUT2D eigenvalue weighted by molar-refractivity contribution is 5.27. The lowest BCUT2D eigenvalue weighted by atomic mass is 9.91. The van der Waals surface area contributed by atoms with E-state index in [1.54, 1.807) is 0 Å². The van der Waals surface area contributed by atoms with Gasteiger partial charge in [-0.15, -0.1) is 6.58 Å². The first-order valence-electron chi connectivity index (χ1n) is 4.48. The van der Waals surface area contributed by atoms with Gasteiger partial charge in [-0.1, -0.05) is 36.4 Å². The molecule has 1 atom stereocenters. The average Bonchev–Trinajstić information content (AvgIpc) is 2.17. The van der Waals surface area contributed by atoms with E-state index >= 15 is 0 Å². The summed E-state index contributed by atoms with van der Waals surface area (Å²) in [5, 5.41) is 0. The number of nitrogens with zero attached hydrogens (tertiary/aromatic N) is 1. The molecule has 1 rings (SSSR count). The molecule has 0 aliphatic rings. The third-order valence-corrected chi connectivity index (χ3v) is 2.68. The van der Waals surface area contributed by atoms with Crippen molar-refractivity contribution in [3.63, 3.8) is 0 Å². The normalized spacial score (nSPS) is 15.4. The molecule has 0 heterocycles. The number of benzene rings is 1. The summed E-state index contributed by atoms with van der Waals surface area (Å²) in [6, 6.07) is 10.4. The molecule has 0 bridgehead atoms. The zero-order valence-electron chi connectivity index (χ0n) is 8.62. The van der Waals surface area contributed by atoms with E-state index in [1.807, 2.05) is 12.1 Å². The minimum atomic E-state index is -0.0682. The van der Waals surface area contributed by atoms with E-state index in [-0.39, 0.29) is 5.54 Å². The van der Waals surface area contributed by atoms with Crippen LogP contribution in [-0.2, 0) is 5.54 Å². The van der Waals surface area contributed by atoms with Gasteiger partial charge in [0.15, 0.2) is 0 Å². The zero-order chi connectivity index (χ0) is 9.90. The van der Waals surface area contributed by atoms with Crippen LogP contribution in [0.3, 0.4) is 0 Å². The van der Waals surface area contributed by atoms with Crippen molar-refractivity contribution in [1.29, 1.82) is 0 Å². The SMILES string of the molecule is C=CC(C)(c1ccccc1)N(C)C. The Morgan fingerprint density at radius 2 is 1.77 bits per heavy atom. The predicted molar refractivity (Wildman–Crippen MR) is 57.7 cm³/mol. The Morgan fingerprint density at radius 1 is 1.23 bits per heavy atom. The molecule has 0 saturated heterocycles. The Kier molecular flexibility index (Phi) is 2.89. The van der Waals surface area contributed by atoms with Gasteiger partial charge in [0, 0.05) is 0 Å². The van der Waals surface area contributed by atoms with Crippen LogP contribution in [-0.4, -0.2) is 19.0 Å². The van der Waals surface area contributed by atoms with Crippen LogP contribution < -0.4 is 0 Å². The summed E-state index contributed by atoms with van der Waals surface area (Å²) < 4.78 is 0. The van der Waals surface area contributed by atoms with Gasteiger partial charge in [-0.25, -0.2) is 0 Å². The maximum Gasteiger partial charge on any atom is 0.0609 e. The molecule has 13 heavy (non-hydrogen) atoms. The van der Waals surface area contributed by atoms with Gasteiger partial charge in [-0.2, -0.15) is 0 Å². The standard InChI is InChI=1S/C12H17N/c1-5-12(2,13(3)4)11-9-7-6-8-10-11/h5-10H,1H2,2-4H3. The largest absolute Gasteiger partial charge is 0.297 e. The Bertz CT molecular complexity index is 276. The van der Waals surface area contributed by atoms with Crippen molar-refractivity contribution >= 4 is 0 Å². The van der Waals surface area contributed by atoms with E-state index < -0.39 is 0 Å². The number of hydrogen-bond acceptors (Lipinski definition) is 1. The average molecular weight is 175 g/mol. The lowest BCUT2D eigenvalue weighted by molar-refractivity contribution is 0.233. The Morgan fingerprint density at radius 3 is 2.15 bits per heavy atom. The zero-order valence-corrected chi connectivity index (χ0v) is 8.62. The lowest BCUT2D eigenvalue weighted by Gasteiger charge is -2.33. The van der Waals surface area contributed by atoms with Crippen LogP contribution in [0.2, 0.25) is 0 Å². The van der Waals surface area contributed by atoms with E-state index in [2.05, 4.69) is 56.8 Å². The molecule has 0 spiro atoms. The maximum atomic E-state index is 3.89. The minimum Gasteiger partial charge on any atom is -0.297 e. The van der Waals surface area contributed by atoms with Crippen LogP contribution >= 0.6 is 0 Å². The topological polar surface area (TPSA) is 3.24 Å². The first-order chi connectivity index (χ1) is 6.11. The summed E-state index contributed by atoms with van der Waals surface area (Å²) in [7, 11) is 4.13. The fourth-order valence-electron chi connectivity index (χ4n) is 1.33. The van der Waals surface area contributed by atoms with Gasteiger partial charge in [0.1, 0.15) is 0 Å². The Hall–Kier alpha value is -1.08. The minimum absolute atomic E-state index is 0.0682. The van der Waals surface area contributed by atoms with Gasteiger partial charge in [0.25, 0.3) is 0 Å². The van der Waals surface area contributed by atoms with Crippen LogP contribution in [0.1, 0.15) is 12.5 Å². The van der Waals surface area contributed by atoms with Crippen molar-refractivity contribution in [1.82, 2.24) is 4.90 Å². The molecule has 0 fully saturated rings. The first kappa shape index (κ1) is 10.0. The summed E-state index contributed by atoms with van der Waals surface area (Å²) in [4.78, 5) is 2.16. The summed E-state index contributed by atoms with van der Waals surface area (Å²) in [5.74, 6) is 0. The molecular weight excluding hydrogens is 158 g/mol. The molecule has 0 aromatic heterocycles. The number of hydrogen-bond donors (Lipinski definition) is 0. The summed E-state index contributed by atoms with van der Waals surface area (Å²) in [6.45, 7) is 6.05. The lowest BCUT2D eigenvalue weighted by Crippen LogP contribution is -2.36. The molecule has 70 valence electrons. The van der Waals surface area contributed by atoms with Crippen molar-refractivity contribution in [3.05, 3.63) is 48.6 Å². The maximum absolute atomic E-state index is 3.89. The van der Waals surface area contributed by atoms with Gasteiger partial charge in [0.2, 0.25) is 0 Å². The van der Waals surface area contributed by atoms with Crippen molar-refractivity contribution in [3.8, 4) is 0 Å². The smallest absolute Gasteiger partial charge is 0.0609 e. The molecule has 0 aliphatic carbocycles. The van der Waals surface area contributed by atoms with Crippen molar-refractivity contribution in [2.24, 2.45) is 0 Å². The van der Waals surface area contributed by atoms with Gasteiger partial charge in [-0.05, 0) is 26.6 Å². The van der Waals surface area contributed by atoms with Gasteiger partial charge < -0.3 is 0 Å². The van der Waals surface area contributed by atoms with Crippen LogP contribution in [0.25, 0.3) is 0 Å². The van der Waals surface area contributed by atoms with Crippen LogP contribution in [0.4, 0.5) is 0 Å². The summed E-state index contributed by atoms with van der Waals surface area (Å²) in [5.41, 5.74) is 1.20. The van der Waals surface area contributed by atoms with E-state index in [0.717, 1.165) is 0 Å². The molecule has 0 amide bonds. The second kappa shape index (κ2) is 3.75. The fraction of sp³-hybridized carbons (Fsp3) is 0.333. The third kappa shape index (κ3) is 1.81. The van der Waals surface area contributed by atoms with Gasteiger partial charge in [-0.3, -0.25) is 4.90 Å². The molecule has 1 aromatic carbocycles. The monoisotopic (exact) mass is 175 g/mol. The Balaban J connectivity index is 3.10. The highest BCUT2D eigenvalue weighted by Crippen LogP contribution is 2.26. The van der Waals surface area contributed by atoms with E-state index in [0.29, 0.717) is 0 Å². The van der Waals surface area contributed by atoms with Crippen LogP contribution in [0.15, 0.2) is 43.0 Å². The quantitative estimate of drug-likeness (QED) is 0.638. The summed E-state index contributed by atoms with van der Waals surface area (Å²) >= 11 is 0. The highest BCUT2D eigenvalue weighted by Gasteiger charge is 2.24. The van der Waals surface area contributed by atoms with E-state index in [9.17, 15) is 0 Å². The molecule has 0 saturated carbocycles. The molecule has 1 heteroatoms. The predicted octanol–water partition coefficient (Wildman–Crippen LogP) is 2.65. The van der Waals surface area contributed by atoms with Crippen molar-refractivity contribution < 1.29 is 0 Å². The number of likely N-dealkylation sites (N-methyl/N-ethyl adjacent to an activating group) is 1. The molecule has 0 aliphatic heterocycles. The van der Waals surface area contributed by atoms with Crippen LogP contribution in [0.5, 0.6) is 0 Å². The van der Waals surface area contributed by atoms with Crippen LogP contribution in [0, 0.1) is 0 Å². The third-order valence-electron chi connectivity index (χ3n) is 2.68. The van der Waals surface area contributed by atoms with Gasteiger partial charge in [0.05, 0.1) is 5.54 Å². The number of rotatable bonds is 3. The highest BCUT2D eigenvalue weighted by atomic mass is 15.1. The van der Waals surface area contributed by atoms with Gasteiger partial charge >= 0.3 is 0 Å². The van der Waals surface area contributed by atoms with Crippen molar-refractivity contribution in [2.75, 3.05) is 14.1 Å². The molecule has 0 radical (unpaired) electrons. The van der Waals surface area contributed by atoms with Crippen molar-refractivity contribution in [2.45, 2.75) is 12.5 Å². The molecule has 1 unspecified atom stereocenters. The second-order valence-electron chi connectivity index (χ2n) is 3.61.